The number of hydrogen-bond donors (Lipinski definition) is 2. The number of nitrogens with zero attached hydrogens (tertiary/aromatic N) is 1. The summed E-state index contributed by atoms with van der Waals surface area (Å²) < 4.78 is 32.3. The minimum Gasteiger partial charge on any atom is -0.497 e. The molecule has 29 heavy (non-hydrogen) atoms. The van der Waals surface area contributed by atoms with Crippen LogP contribution in [0, 0.1) is 5.92 Å². The van der Waals surface area contributed by atoms with Crippen molar-refractivity contribution in [1.29, 1.82) is 0 Å². The molecular formula is C21H26N2O5S. The molecule has 156 valence electrons. The molecule has 2 atom stereocenters. The van der Waals surface area contributed by atoms with Crippen LogP contribution in [0.5, 0.6) is 5.75 Å². The molecular weight excluding hydrogens is 392 g/mol. The monoisotopic (exact) mass is 418 g/mol. The molecule has 1 saturated heterocycles. The van der Waals surface area contributed by atoms with Gasteiger partial charge in [0.2, 0.25) is 15.9 Å². The van der Waals surface area contributed by atoms with Crippen LogP contribution < -0.4 is 10.1 Å². The number of benzene rings is 2. The summed E-state index contributed by atoms with van der Waals surface area (Å²) in [6, 6.07) is 15.3. The van der Waals surface area contributed by atoms with Crippen molar-refractivity contribution >= 4 is 15.9 Å². The van der Waals surface area contributed by atoms with Crippen molar-refractivity contribution in [3.63, 3.8) is 0 Å². The molecule has 1 fully saturated rings. The molecule has 0 unspecified atom stereocenters. The molecule has 0 aromatic heterocycles. The number of hydrogen-bond acceptors (Lipinski definition) is 5. The molecule has 0 saturated carbocycles. The highest BCUT2D eigenvalue weighted by Crippen LogP contribution is 2.25. The van der Waals surface area contributed by atoms with Crippen molar-refractivity contribution in [3.05, 3.63) is 60.2 Å². The van der Waals surface area contributed by atoms with Gasteiger partial charge in [-0.25, -0.2) is 8.42 Å². The molecule has 7 nitrogen and oxygen atoms in total. The normalized spacial score (nSPS) is 18.8. The number of nitrogens with one attached hydrogen (secondary N) is 1. The first-order chi connectivity index (χ1) is 13.9. The van der Waals surface area contributed by atoms with Gasteiger partial charge in [0, 0.05) is 19.6 Å². The lowest BCUT2D eigenvalue weighted by Crippen LogP contribution is -2.46. The van der Waals surface area contributed by atoms with Crippen molar-refractivity contribution in [3.8, 4) is 5.75 Å². The molecule has 1 amide bonds. The second-order valence-corrected chi connectivity index (χ2v) is 8.99. The highest BCUT2D eigenvalue weighted by molar-refractivity contribution is 7.89. The Labute approximate surface area is 171 Å². The van der Waals surface area contributed by atoms with E-state index in [-0.39, 0.29) is 23.9 Å². The molecule has 3 rings (SSSR count). The van der Waals surface area contributed by atoms with Gasteiger partial charge in [0.25, 0.3) is 0 Å². The van der Waals surface area contributed by atoms with Gasteiger partial charge in [-0.3, -0.25) is 4.79 Å². The average Bonchev–Trinajstić information content (AvgIpc) is 2.78. The Kier molecular flexibility index (Phi) is 6.89. The molecule has 2 N–H and O–H groups in total. The fraction of sp³-hybridized carbons (Fsp3) is 0.381. The number of methoxy groups -OCH3 is 1. The van der Waals surface area contributed by atoms with Crippen LogP contribution in [0.2, 0.25) is 0 Å². The van der Waals surface area contributed by atoms with Crippen LogP contribution in [0.25, 0.3) is 0 Å². The Morgan fingerprint density at radius 3 is 2.55 bits per heavy atom. The van der Waals surface area contributed by atoms with Gasteiger partial charge in [-0.2, -0.15) is 4.31 Å². The molecule has 0 aliphatic carbocycles. The van der Waals surface area contributed by atoms with Gasteiger partial charge in [-0.05, 0) is 42.7 Å². The summed E-state index contributed by atoms with van der Waals surface area (Å²) in [4.78, 5) is 12.7. The van der Waals surface area contributed by atoms with Crippen LogP contribution in [0.3, 0.4) is 0 Å². The van der Waals surface area contributed by atoms with Crippen molar-refractivity contribution in [2.24, 2.45) is 5.92 Å². The molecule has 1 heterocycles. The zero-order valence-electron chi connectivity index (χ0n) is 16.3. The van der Waals surface area contributed by atoms with Crippen molar-refractivity contribution in [2.45, 2.75) is 23.8 Å². The first-order valence-electron chi connectivity index (χ1n) is 9.56. The first-order valence-corrected chi connectivity index (χ1v) is 11.0. The lowest BCUT2D eigenvalue weighted by Gasteiger charge is -2.31. The Hall–Kier alpha value is -2.42. The van der Waals surface area contributed by atoms with E-state index in [1.807, 2.05) is 18.2 Å². The number of ether oxygens (including phenoxy) is 1. The third-order valence-electron chi connectivity index (χ3n) is 5.11. The summed E-state index contributed by atoms with van der Waals surface area (Å²) in [6.07, 6.45) is 0.416. The van der Waals surface area contributed by atoms with Gasteiger partial charge >= 0.3 is 0 Å². The van der Waals surface area contributed by atoms with Crippen LogP contribution in [0.4, 0.5) is 0 Å². The Morgan fingerprint density at radius 2 is 1.90 bits per heavy atom. The minimum absolute atomic E-state index is 0.0879. The maximum absolute atomic E-state index is 12.9. The second kappa shape index (κ2) is 9.39. The maximum Gasteiger partial charge on any atom is 0.243 e. The van der Waals surface area contributed by atoms with E-state index >= 15 is 0 Å². The third kappa shape index (κ3) is 5.14. The predicted molar refractivity (Wildman–Crippen MR) is 109 cm³/mol. The van der Waals surface area contributed by atoms with Crippen LogP contribution in [-0.4, -0.2) is 50.5 Å². The van der Waals surface area contributed by atoms with E-state index in [9.17, 15) is 18.3 Å². The number of aliphatic hydroxyl groups excluding tert-OH is 1. The Balaban J connectivity index is 1.61. The zero-order chi connectivity index (χ0) is 20.9. The first kappa shape index (κ1) is 21.3. The summed E-state index contributed by atoms with van der Waals surface area (Å²) in [5.41, 5.74) is 0.722. The summed E-state index contributed by atoms with van der Waals surface area (Å²) in [6.45, 7) is 0.594. The molecule has 2 aromatic carbocycles. The van der Waals surface area contributed by atoms with Gasteiger partial charge in [-0.15, -0.1) is 0 Å². The Morgan fingerprint density at radius 1 is 1.21 bits per heavy atom. The highest BCUT2D eigenvalue weighted by Gasteiger charge is 2.33. The SMILES string of the molecule is COc1ccc(S(=O)(=O)N2CCC[C@H](C(=O)NC[C@H](O)c3ccccc3)C2)cc1. The number of aliphatic hydroxyl groups is 1. The van der Waals surface area contributed by atoms with Gasteiger partial charge in [0.05, 0.1) is 24.0 Å². The van der Waals surface area contributed by atoms with Crippen LogP contribution in [0.15, 0.2) is 59.5 Å². The third-order valence-corrected chi connectivity index (χ3v) is 6.99. The molecule has 0 bridgehead atoms. The van der Waals surface area contributed by atoms with Crippen LogP contribution >= 0.6 is 0 Å². The molecule has 1 aliphatic heterocycles. The Bertz CT molecular complexity index is 916. The van der Waals surface area contributed by atoms with E-state index < -0.39 is 22.0 Å². The van der Waals surface area contributed by atoms with E-state index in [4.69, 9.17) is 4.74 Å². The topological polar surface area (TPSA) is 95.9 Å². The fourth-order valence-corrected chi connectivity index (χ4v) is 4.93. The van der Waals surface area contributed by atoms with E-state index in [0.717, 1.165) is 5.56 Å². The van der Waals surface area contributed by atoms with Gasteiger partial charge < -0.3 is 15.2 Å². The van der Waals surface area contributed by atoms with E-state index in [2.05, 4.69) is 5.32 Å². The van der Waals surface area contributed by atoms with E-state index in [0.29, 0.717) is 25.1 Å². The van der Waals surface area contributed by atoms with Crippen LogP contribution in [-0.2, 0) is 14.8 Å². The van der Waals surface area contributed by atoms with Gasteiger partial charge in [-0.1, -0.05) is 30.3 Å². The average molecular weight is 419 g/mol. The largest absolute Gasteiger partial charge is 0.497 e. The predicted octanol–water partition coefficient (Wildman–Crippen LogP) is 1.95. The number of sulfonamides is 1. The standard InChI is InChI=1S/C21H26N2O5S/c1-28-18-9-11-19(12-10-18)29(26,27)23-13-5-8-17(15-23)21(25)22-14-20(24)16-6-3-2-4-7-16/h2-4,6-7,9-12,17,20,24H,5,8,13-15H2,1H3,(H,22,25)/t17-,20-/m0/s1. The highest BCUT2D eigenvalue weighted by atomic mass is 32.2. The van der Waals surface area contributed by atoms with E-state index in [1.165, 1.54) is 23.5 Å². The van der Waals surface area contributed by atoms with Crippen molar-refractivity contribution in [2.75, 3.05) is 26.7 Å². The second-order valence-electron chi connectivity index (χ2n) is 7.05. The van der Waals surface area contributed by atoms with Gasteiger partial charge in [0.1, 0.15) is 5.75 Å². The summed E-state index contributed by atoms with van der Waals surface area (Å²) in [7, 11) is -2.16. The van der Waals surface area contributed by atoms with Crippen molar-refractivity contribution in [1.82, 2.24) is 9.62 Å². The minimum atomic E-state index is -3.68. The molecule has 8 heteroatoms. The number of piperidine rings is 1. The number of carbonyl (C=O) groups is 1. The maximum atomic E-state index is 12.9. The quantitative estimate of drug-likeness (QED) is 0.717. The molecule has 1 aliphatic rings. The van der Waals surface area contributed by atoms with Crippen LogP contribution in [0.1, 0.15) is 24.5 Å². The summed E-state index contributed by atoms with van der Waals surface area (Å²) >= 11 is 0. The molecule has 0 spiro atoms. The van der Waals surface area contributed by atoms with Gasteiger partial charge in [0.15, 0.2) is 0 Å². The van der Waals surface area contributed by atoms with Crippen molar-refractivity contribution < 1.29 is 23.1 Å². The number of amides is 1. The molecule has 0 radical (unpaired) electrons. The number of carbonyl (C=O) groups excluding carboxylic acids is 1. The number of rotatable bonds is 7. The summed E-state index contributed by atoms with van der Waals surface area (Å²) in [5.74, 6) is -0.105. The van der Waals surface area contributed by atoms with E-state index in [1.54, 1.807) is 24.3 Å². The lowest BCUT2D eigenvalue weighted by atomic mass is 9.98. The summed E-state index contributed by atoms with van der Waals surface area (Å²) in [5, 5.41) is 13.0. The zero-order valence-corrected chi connectivity index (χ0v) is 17.1. The molecule has 2 aromatic rings. The fourth-order valence-electron chi connectivity index (χ4n) is 3.41. The smallest absolute Gasteiger partial charge is 0.243 e. The lowest BCUT2D eigenvalue weighted by molar-refractivity contribution is -0.126.